The van der Waals surface area contributed by atoms with Crippen molar-refractivity contribution in [1.82, 2.24) is 4.98 Å². The van der Waals surface area contributed by atoms with Crippen molar-refractivity contribution in [2.45, 2.75) is 4.90 Å². The fourth-order valence-corrected chi connectivity index (χ4v) is 3.30. The highest BCUT2D eigenvalue weighted by molar-refractivity contribution is 7.90. The van der Waals surface area contributed by atoms with Crippen LogP contribution >= 0.6 is 0 Å². The number of fused-ring (bicyclic) bond motifs is 1. The monoisotopic (exact) mass is 407 g/mol. The highest BCUT2D eigenvalue weighted by atomic mass is 32.2. The maximum absolute atomic E-state index is 14.5. The average molecular weight is 407 g/mol. The van der Waals surface area contributed by atoms with Crippen LogP contribution in [-0.4, -0.2) is 32.7 Å². The molecule has 146 valence electrons. The smallest absolute Gasteiger partial charge is 0.252 e. The van der Waals surface area contributed by atoms with Gasteiger partial charge in [-0.3, -0.25) is 9.78 Å². The maximum atomic E-state index is 14.5. The SMILES string of the molecule is COc1cc(Nc2c(C(N)=O)cnc3c(F)cc(S(C)(=O)=O)cc23)ccc1F. The molecule has 1 amide bonds. The Labute approximate surface area is 159 Å². The van der Waals surface area contributed by atoms with Crippen molar-refractivity contribution >= 4 is 38.0 Å². The molecule has 1 heterocycles. The van der Waals surface area contributed by atoms with Crippen LogP contribution in [0.25, 0.3) is 10.9 Å². The molecule has 0 bridgehead atoms. The third-order valence-corrected chi connectivity index (χ3v) is 5.10. The Kier molecular flexibility index (Phi) is 4.90. The van der Waals surface area contributed by atoms with Gasteiger partial charge in [-0.25, -0.2) is 17.2 Å². The van der Waals surface area contributed by atoms with E-state index in [-0.39, 0.29) is 32.8 Å². The Morgan fingerprint density at radius 3 is 2.50 bits per heavy atom. The number of sulfone groups is 1. The fraction of sp³-hybridized carbons (Fsp3) is 0.111. The molecule has 2 aromatic carbocycles. The summed E-state index contributed by atoms with van der Waals surface area (Å²) in [6.07, 6.45) is 2.01. The number of nitrogens with two attached hydrogens (primary N) is 1. The van der Waals surface area contributed by atoms with Gasteiger partial charge in [-0.1, -0.05) is 0 Å². The largest absolute Gasteiger partial charge is 0.494 e. The Balaban J connectivity index is 2.30. The van der Waals surface area contributed by atoms with Gasteiger partial charge in [0.05, 0.1) is 23.3 Å². The van der Waals surface area contributed by atoms with E-state index in [0.717, 1.165) is 24.6 Å². The van der Waals surface area contributed by atoms with Gasteiger partial charge in [0, 0.05) is 29.6 Å². The van der Waals surface area contributed by atoms with Crippen LogP contribution in [0, 0.1) is 11.6 Å². The Morgan fingerprint density at radius 1 is 1.18 bits per heavy atom. The standard InChI is InChI=1S/C18H15F2N3O4S/c1-27-15-5-9(3-4-13(15)19)23-16-11-6-10(28(2,25)26)7-14(20)17(11)22-8-12(16)18(21)24/h3-8H,1-2H3,(H2,21,24)(H,22,23). The van der Waals surface area contributed by atoms with Crippen LogP contribution in [0.3, 0.4) is 0 Å². The van der Waals surface area contributed by atoms with E-state index in [1.807, 2.05) is 0 Å². The van der Waals surface area contributed by atoms with Crippen molar-refractivity contribution in [3.05, 3.63) is 53.7 Å². The number of hydrogen-bond acceptors (Lipinski definition) is 6. The first kappa shape index (κ1) is 19.5. The number of anilines is 2. The topological polar surface area (TPSA) is 111 Å². The Bertz CT molecular complexity index is 1210. The van der Waals surface area contributed by atoms with E-state index in [1.54, 1.807) is 0 Å². The second kappa shape index (κ2) is 7.04. The number of halogens is 2. The number of benzene rings is 2. The minimum Gasteiger partial charge on any atom is -0.494 e. The molecule has 0 spiro atoms. The van der Waals surface area contributed by atoms with Crippen molar-refractivity contribution < 1.29 is 26.7 Å². The molecule has 7 nitrogen and oxygen atoms in total. The van der Waals surface area contributed by atoms with Crippen LogP contribution in [0.1, 0.15) is 10.4 Å². The summed E-state index contributed by atoms with van der Waals surface area (Å²) in [4.78, 5) is 15.4. The van der Waals surface area contributed by atoms with Crippen molar-refractivity contribution in [3.63, 3.8) is 0 Å². The summed E-state index contributed by atoms with van der Waals surface area (Å²) in [6.45, 7) is 0. The summed E-state index contributed by atoms with van der Waals surface area (Å²) in [5.41, 5.74) is 5.47. The molecule has 0 unspecified atom stereocenters. The van der Waals surface area contributed by atoms with E-state index in [1.165, 1.54) is 25.3 Å². The first-order valence-corrected chi connectivity index (χ1v) is 9.73. The molecule has 10 heteroatoms. The van der Waals surface area contributed by atoms with Gasteiger partial charge in [-0.2, -0.15) is 0 Å². The normalized spacial score (nSPS) is 11.4. The highest BCUT2D eigenvalue weighted by Crippen LogP contribution is 2.33. The van der Waals surface area contributed by atoms with Crippen molar-refractivity contribution in [2.24, 2.45) is 5.73 Å². The van der Waals surface area contributed by atoms with E-state index in [4.69, 9.17) is 10.5 Å². The lowest BCUT2D eigenvalue weighted by molar-refractivity contribution is 0.100. The van der Waals surface area contributed by atoms with Gasteiger partial charge in [-0.05, 0) is 24.3 Å². The molecule has 3 rings (SSSR count). The number of ether oxygens (including phenoxy) is 1. The van der Waals surface area contributed by atoms with Gasteiger partial charge in [0.2, 0.25) is 0 Å². The van der Waals surface area contributed by atoms with Crippen LogP contribution in [0.15, 0.2) is 41.4 Å². The van der Waals surface area contributed by atoms with Gasteiger partial charge >= 0.3 is 0 Å². The minimum absolute atomic E-state index is 0.0278. The van der Waals surface area contributed by atoms with Crippen molar-refractivity contribution in [3.8, 4) is 5.75 Å². The zero-order valence-electron chi connectivity index (χ0n) is 14.8. The lowest BCUT2D eigenvalue weighted by atomic mass is 10.1. The number of nitrogens with zero attached hydrogens (tertiary/aromatic N) is 1. The van der Waals surface area contributed by atoms with Gasteiger partial charge in [0.1, 0.15) is 5.52 Å². The summed E-state index contributed by atoms with van der Waals surface area (Å²) in [6, 6.07) is 5.86. The number of methoxy groups -OCH3 is 1. The summed E-state index contributed by atoms with van der Waals surface area (Å²) in [5, 5.41) is 2.88. The lowest BCUT2D eigenvalue weighted by Gasteiger charge is -2.15. The quantitative estimate of drug-likeness (QED) is 0.673. The molecule has 0 saturated carbocycles. The molecular formula is C18H15F2N3O4S. The van der Waals surface area contributed by atoms with Crippen molar-refractivity contribution in [1.29, 1.82) is 0 Å². The Hall–Kier alpha value is -3.27. The van der Waals surface area contributed by atoms with Crippen LogP contribution in [-0.2, 0) is 9.84 Å². The van der Waals surface area contributed by atoms with E-state index >= 15 is 0 Å². The molecular weight excluding hydrogens is 392 g/mol. The first-order valence-electron chi connectivity index (χ1n) is 7.84. The van der Waals surface area contributed by atoms with Gasteiger partial charge in [0.15, 0.2) is 27.2 Å². The molecule has 1 aromatic heterocycles. The summed E-state index contributed by atoms with van der Waals surface area (Å²) in [5.74, 6) is -2.41. The third-order valence-electron chi connectivity index (χ3n) is 4.01. The number of rotatable bonds is 5. The zero-order chi connectivity index (χ0) is 20.6. The third kappa shape index (κ3) is 3.58. The molecule has 0 radical (unpaired) electrons. The molecule has 0 aliphatic heterocycles. The predicted molar refractivity (Wildman–Crippen MR) is 99.6 cm³/mol. The Morgan fingerprint density at radius 2 is 1.89 bits per heavy atom. The van der Waals surface area contributed by atoms with Crippen molar-refractivity contribution in [2.75, 3.05) is 18.7 Å². The zero-order valence-corrected chi connectivity index (χ0v) is 15.6. The minimum atomic E-state index is -3.74. The van der Waals surface area contributed by atoms with E-state index < -0.39 is 27.4 Å². The average Bonchev–Trinajstić information content (AvgIpc) is 2.62. The molecule has 0 atom stereocenters. The number of primary amides is 1. The summed E-state index contributed by atoms with van der Waals surface area (Å²) < 4.78 is 56.8. The summed E-state index contributed by atoms with van der Waals surface area (Å²) in [7, 11) is -2.45. The van der Waals surface area contributed by atoms with Crippen LogP contribution in [0.4, 0.5) is 20.2 Å². The van der Waals surface area contributed by atoms with Gasteiger partial charge < -0.3 is 15.8 Å². The number of hydrogen-bond donors (Lipinski definition) is 2. The number of aromatic nitrogens is 1. The lowest BCUT2D eigenvalue weighted by Crippen LogP contribution is -2.14. The van der Waals surface area contributed by atoms with Gasteiger partial charge in [-0.15, -0.1) is 0 Å². The number of amides is 1. The number of nitrogens with one attached hydrogen (secondary N) is 1. The fourth-order valence-electron chi connectivity index (χ4n) is 2.65. The van der Waals surface area contributed by atoms with E-state index in [0.29, 0.717) is 5.69 Å². The molecule has 0 saturated heterocycles. The van der Waals surface area contributed by atoms with Crippen LogP contribution in [0.5, 0.6) is 5.75 Å². The molecule has 0 aliphatic rings. The van der Waals surface area contributed by atoms with Gasteiger partial charge in [0.25, 0.3) is 5.91 Å². The van der Waals surface area contributed by atoms with Crippen LogP contribution < -0.4 is 15.8 Å². The van der Waals surface area contributed by atoms with E-state index in [9.17, 15) is 22.0 Å². The molecule has 3 N–H and O–H groups in total. The summed E-state index contributed by atoms with van der Waals surface area (Å²) >= 11 is 0. The molecule has 28 heavy (non-hydrogen) atoms. The number of pyridine rings is 1. The molecule has 0 aliphatic carbocycles. The highest BCUT2D eigenvalue weighted by Gasteiger charge is 2.20. The second-order valence-corrected chi connectivity index (χ2v) is 7.97. The second-order valence-electron chi connectivity index (χ2n) is 5.96. The van der Waals surface area contributed by atoms with Crippen LogP contribution in [0.2, 0.25) is 0 Å². The maximum Gasteiger partial charge on any atom is 0.252 e. The number of carbonyl (C=O) groups is 1. The molecule has 3 aromatic rings. The predicted octanol–water partition coefficient (Wildman–Crippen LogP) is 2.77. The van der Waals surface area contributed by atoms with E-state index in [2.05, 4.69) is 10.3 Å². The number of carbonyl (C=O) groups excluding carboxylic acids is 1. The first-order chi connectivity index (χ1) is 13.1. The molecule has 0 fully saturated rings.